The fourth-order valence-electron chi connectivity index (χ4n) is 2.38. The van der Waals surface area contributed by atoms with E-state index in [4.69, 9.17) is 0 Å². The average Bonchev–Trinajstić information content (AvgIpc) is 3.11. The Labute approximate surface area is 153 Å². The molecule has 5 nitrogen and oxygen atoms in total. The Morgan fingerprint density at radius 1 is 1.31 bits per heavy atom. The Morgan fingerprint density at radius 3 is 2.85 bits per heavy atom. The molecule has 0 bridgehead atoms. The molecule has 2 heterocycles. The minimum atomic E-state index is -0.650. The molecule has 0 saturated heterocycles. The molecule has 0 aliphatic rings. The number of aromatic nitrogens is 2. The fourth-order valence-corrected chi connectivity index (χ4v) is 3.09. The van der Waals surface area contributed by atoms with Crippen molar-refractivity contribution in [2.75, 3.05) is 12.4 Å². The average molecular weight is 374 g/mol. The molecule has 0 radical (unpaired) electrons. The molecule has 3 aromatic rings. The van der Waals surface area contributed by atoms with Crippen molar-refractivity contribution in [3.05, 3.63) is 65.3 Å². The summed E-state index contributed by atoms with van der Waals surface area (Å²) in [5.74, 6) is -1.12. The number of hydrogen-bond acceptors (Lipinski definition) is 4. The zero-order valence-electron chi connectivity index (χ0n) is 14.1. The van der Waals surface area contributed by atoms with Crippen molar-refractivity contribution in [1.29, 1.82) is 0 Å². The number of pyridine rings is 1. The molecule has 1 N–H and O–H groups in total. The van der Waals surface area contributed by atoms with Crippen molar-refractivity contribution in [3.63, 3.8) is 0 Å². The first-order chi connectivity index (χ1) is 12.5. The van der Waals surface area contributed by atoms with E-state index in [9.17, 15) is 13.6 Å². The lowest BCUT2D eigenvalue weighted by molar-refractivity contribution is 0.207. The summed E-state index contributed by atoms with van der Waals surface area (Å²) in [5, 5.41) is 4.89. The Hall–Kier alpha value is -2.87. The van der Waals surface area contributed by atoms with Crippen LogP contribution in [0.4, 0.5) is 18.7 Å². The highest BCUT2D eigenvalue weighted by atomic mass is 32.1. The lowest BCUT2D eigenvalue weighted by atomic mass is 10.1. The lowest BCUT2D eigenvalue weighted by Gasteiger charge is -2.25. The fraction of sp³-hybridized carbons (Fsp3) is 0.167. The molecule has 1 aromatic carbocycles. The van der Waals surface area contributed by atoms with Gasteiger partial charge < -0.3 is 4.90 Å². The van der Waals surface area contributed by atoms with Gasteiger partial charge in [-0.1, -0.05) is 0 Å². The van der Waals surface area contributed by atoms with Crippen LogP contribution in [0.1, 0.15) is 18.5 Å². The normalized spacial score (nSPS) is 11.8. The third-order valence-corrected chi connectivity index (χ3v) is 4.74. The maximum absolute atomic E-state index is 13.9. The van der Waals surface area contributed by atoms with E-state index in [0.717, 1.165) is 23.8 Å². The zero-order valence-corrected chi connectivity index (χ0v) is 14.9. The van der Waals surface area contributed by atoms with Crippen LogP contribution in [0.2, 0.25) is 0 Å². The summed E-state index contributed by atoms with van der Waals surface area (Å²) in [6.07, 6.45) is 3.35. The lowest BCUT2D eigenvalue weighted by Crippen LogP contribution is -2.34. The predicted molar refractivity (Wildman–Crippen MR) is 96.9 cm³/mol. The van der Waals surface area contributed by atoms with Gasteiger partial charge in [-0.15, -0.1) is 11.3 Å². The van der Waals surface area contributed by atoms with Crippen LogP contribution in [0, 0.1) is 11.6 Å². The van der Waals surface area contributed by atoms with E-state index < -0.39 is 23.7 Å². The van der Waals surface area contributed by atoms with E-state index in [2.05, 4.69) is 15.3 Å². The van der Waals surface area contributed by atoms with Gasteiger partial charge in [0, 0.05) is 35.9 Å². The smallest absolute Gasteiger partial charge is 0.321 e. The molecule has 2 amide bonds. The summed E-state index contributed by atoms with van der Waals surface area (Å²) < 4.78 is 27.3. The van der Waals surface area contributed by atoms with Gasteiger partial charge in [0.25, 0.3) is 0 Å². The molecule has 1 atom stereocenters. The molecule has 8 heteroatoms. The Balaban J connectivity index is 1.71. The highest BCUT2D eigenvalue weighted by Crippen LogP contribution is 2.26. The summed E-state index contributed by atoms with van der Waals surface area (Å²) in [6, 6.07) is 5.74. The molecule has 0 saturated carbocycles. The van der Waals surface area contributed by atoms with Crippen molar-refractivity contribution < 1.29 is 13.6 Å². The molecule has 134 valence electrons. The van der Waals surface area contributed by atoms with Gasteiger partial charge >= 0.3 is 6.03 Å². The number of carbonyl (C=O) groups excluding carboxylic acids is 1. The van der Waals surface area contributed by atoms with Crippen LogP contribution in [0.5, 0.6) is 0 Å². The topological polar surface area (TPSA) is 58.1 Å². The summed E-state index contributed by atoms with van der Waals surface area (Å²) in [6.45, 7) is 1.63. The molecule has 0 fully saturated rings. The van der Waals surface area contributed by atoms with E-state index >= 15 is 0 Å². The van der Waals surface area contributed by atoms with Crippen molar-refractivity contribution in [1.82, 2.24) is 14.9 Å². The molecule has 3 rings (SSSR count). The van der Waals surface area contributed by atoms with Crippen LogP contribution < -0.4 is 5.32 Å². The summed E-state index contributed by atoms with van der Waals surface area (Å²) >= 11 is 1.27. The first-order valence-corrected chi connectivity index (χ1v) is 8.68. The van der Waals surface area contributed by atoms with Gasteiger partial charge in [-0.3, -0.25) is 10.3 Å². The molecular weight excluding hydrogens is 358 g/mol. The van der Waals surface area contributed by atoms with Crippen LogP contribution >= 0.6 is 11.3 Å². The third-order valence-electron chi connectivity index (χ3n) is 3.98. The van der Waals surface area contributed by atoms with E-state index in [1.807, 2.05) is 11.4 Å². The number of urea groups is 1. The minimum Gasteiger partial charge on any atom is -0.321 e. The highest BCUT2D eigenvalue weighted by Gasteiger charge is 2.21. The van der Waals surface area contributed by atoms with Gasteiger partial charge in [0.1, 0.15) is 11.6 Å². The molecule has 26 heavy (non-hydrogen) atoms. The van der Waals surface area contributed by atoms with E-state index in [-0.39, 0.29) is 5.56 Å². The molecular formula is C18H16F2N4OS. The molecule has 1 unspecified atom stereocenters. The summed E-state index contributed by atoms with van der Waals surface area (Å²) in [5.41, 5.74) is 1.65. The number of nitrogens with one attached hydrogen (secondary N) is 1. The number of thiazole rings is 1. The summed E-state index contributed by atoms with van der Waals surface area (Å²) in [7, 11) is 1.51. The molecule has 2 aromatic heterocycles. The van der Waals surface area contributed by atoms with Gasteiger partial charge in [0.15, 0.2) is 5.13 Å². The third kappa shape index (κ3) is 3.85. The number of hydrogen-bond donors (Lipinski definition) is 1. The summed E-state index contributed by atoms with van der Waals surface area (Å²) in [4.78, 5) is 22.1. The number of nitrogens with zero attached hydrogens (tertiary/aromatic N) is 3. The molecule has 0 spiro atoms. The van der Waals surface area contributed by atoms with E-state index in [1.54, 1.807) is 25.4 Å². The Morgan fingerprint density at radius 2 is 2.12 bits per heavy atom. The van der Waals surface area contributed by atoms with Gasteiger partial charge in [0.05, 0.1) is 11.7 Å². The number of anilines is 1. The largest absolute Gasteiger partial charge is 0.323 e. The first-order valence-electron chi connectivity index (χ1n) is 7.80. The van der Waals surface area contributed by atoms with Gasteiger partial charge in [-0.25, -0.2) is 18.6 Å². The molecule has 0 aliphatic heterocycles. The van der Waals surface area contributed by atoms with E-state index in [0.29, 0.717) is 10.8 Å². The maximum Gasteiger partial charge on any atom is 0.323 e. The number of carbonyl (C=O) groups is 1. The van der Waals surface area contributed by atoms with E-state index in [1.165, 1.54) is 23.3 Å². The highest BCUT2D eigenvalue weighted by molar-refractivity contribution is 7.14. The quantitative estimate of drug-likeness (QED) is 0.720. The van der Waals surface area contributed by atoms with Crippen LogP contribution in [-0.4, -0.2) is 27.9 Å². The van der Waals surface area contributed by atoms with Crippen molar-refractivity contribution >= 4 is 22.5 Å². The Bertz CT molecular complexity index is 917. The monoisotopic (exact) mass is 374 g/mol. The minimum absolute atomic E-state index is 0.109. The second-order valence-electron chi connectivity index (χ2n) is 5.66. The zero-order chi connectivity index (χ0) is 18.7. The van der Waals surface area contributed by atoms with Crippen LogP contribution in [0.3, 0.4) is 0 Å². The number of amides is 2. The van der Waals surface area contributed by atoms with Crippen LogP contribution in [-0.2, 0) is 0 Å². The molecule has 0 aliphatic carbocycles. The second kappa shape index (κ2) is 7.57. The van der Waals surface area contributed by atoms with Crippen LogP contribution in [0.25, 0.3) is 11.3 Å². The van der Waals surface area contributed by atoms with Crippen molar-refractivity contribution in [3.8, 4) is 11.3 Å². The number of benzene rings is 1. The predicted octanol–water partition coefficient (Wildman–Crippen LogP) is 4.71. The van der Waals surface area contributed by atoms with Gasteiger partial charge in [-0.05, 0) is 37.3 Å². The van der Waals surface area contributed by atoms with Gasteiger partial charge in [-0.2, -0.15) is 0 Å². The first kappa shape index (κ1) is 17.9. The second-order valence-corrected chi connectivity index (χ2v) is 6.52. The van der Waals surface area contributed by atoms with Crippen molar-refractivity contribution in [2.24, 2.45) is 0 Å². The maximum atomic E-state index is 13.9. The van der Waals surface area contributed by atoms with Gasteiger partial charge in [0.2, 0.25) is 0 Å². The Kier molecular flexibility index (Phi) is 5.22. The van der Waals surface area contributed by atoms with Crippen LogP contribution in [0.15, 0.2) is 48.1 Å². The van der Waals surface area contributed by atoms with Crippen molar-refractivity contribution in [2.45, 2.75) is 13.0 Å². The SMILES string of the molecule is CC(c1cc(F)ccc1F)N(C)C(=O)Nc1nc(-c2cccnc2)cs1. The number of rotatable bonds is 4. The number of halogens is 2. The standard InChI is InChI=1S/C18H16F2N4OS/c1-11(14-8-13(19)5-6-15(14)20)24(2)18(25)23-17-22-16(10-26-17)12-4-3-7-21-9-12/h3-11H,1-2H3,(H,22,23,25).